The summed E-state index contributed by atoms with van der Waals surface area (Å²) in [5.74, 6) is 0. The molecule has 136 valence electrons. The van der Waals surface area contributed by atoms with Gasteiger partial charge in [-0.25, -0.2) is 14.6 Å². The van der Waals surface area contributed by atoms with Crippen LogP contribution in [0, 0.1) is 0 Å². The van der Waals surface area contributed by atoms with E-state index in [9.17, 15) is 4.79 Å². The standard InChI is InChI=1S/C15H13N9OS2/c1-23-11-9(4-18-24(14(11)25)5-8-6-26-15(16)19-8)12-13(23)20-10(27-12)2-7-3-17-22-21-7/h3-4,6H,2,5H2,1H3,(H2,16,19)(H,17,21,22). The van der Waals surface area contributed by atoms with Gasteiger partial charge in [0.05, 0.1) is 35.0 Å². The molecular formula is C15H13N9OS2. The Bertz CT molecular complexity index is 1330. The highest BCUT2D eigenvalue weighted by molar-refractivity contribution is 7.19. The number of aryl methyl sites for hydroxylation is 1. The van der Waals surface area contributed by atoms with E-state index >= 15 is 0 Å². The van der Waals surface area contributed by atoms with Gasteiger partial charge in [0.1, 0.15) is 10.5 Å². The molecule has 0 aliphatic carbocycles. The zero-order valence-corrected chi connectivity index (χ0v) is 15.7. The van der Waals surface area contributed by atoms with Gasteiger partial charge in [0, 0.05) is 24.2 Å². The number of aromatic nitrogens is 8. The molecule has 5 aromatic rings. The lowest BCUT2D eigenvalue weighted by atomic mass is 10.3. The van der Waals surface area contributed by atoms with Crippen LogP contribution in [0.4, 0.5) is 5.13 Å². The number of fused-ring (bicyclic) bond motifs is 3. The van der Waals surface area contributed by atoms with Crippen molar-refractivity contribution in [1.82, 2.24) is 39.7 Å². The predicted molar refractivity (Wildman–Crippen MR) is 103 cm³/mol. The van der Waals surface area contributed by atoms with Crippen molar-refractivity contribution in [2.24, 2.45) is 7.05 Å². The summed E-state index contributed by atoms with van der Waals surface area (Å²) in [5, 5.41) is 18.8. The number of nitrogens with one attached hydrogen (secondary N) is 1. The molecule has 27 heavy (non-hydrogen) atoms. The van der Waals surface area contributed by atoms with Gasteiger partial charge >= 0.3 is 0 Å². The summed E-state index contributed by atoms with van der Waals surface area (Å²) < 4.78 is 4.17. The lowest BCUT2D eigenvalue weighted by Gasteiger charge is -2.03. The molecular weight excluding hydrogens is 386 g/mol. The first-order valence-electron chi connectivity index (χ1n) is 7.98. The molecule has 0 aliphatic heterocycles. The first-order chi connectivity index (χ1) is 13.1. The number of nitrogen functional groups attached to an aromatic ring is 1. The maximum Gasteiger partial charge on any atom is 0.291 e. The lowest BCUT2D eigenvalue weighted by molar-refractivity contribution is 0.635. The molecule has 5 heterocycles. The molecule has 5 rings (SSSR count). The van der Waals surface area contributed by atoms with Crippen molar-refractivity contribution in [3.8, 4) is 0 Å². The highest BCUT2D eigenvalue weighted by Gasteiger charge is 2.19. The Kier molecular flexibility index (Phi) is 3.55. The van der Waals surface area contributed by atoms with E-state index in [1.54, 1.807) is 12.4 Å². The zero-order chi connectivity index (χ0) is 18.5. The predicted octanol–water partition coefficient (Wildman–Crippen LogP) is 1.14. The smallest absolute Gasteiger partial charge is 0.291 e. The Balaban J connectivity index is 1.60. The minimum absolute atomic E-state index is 0.176. The number of aromatic amines is 1. The second-order valence-electron chi connectivity index (χ2n) is 6.00. The van der Waals surface area contributed by atoms with Crippen LogP contribution in [0.5, 0.6) is 0 Å². The molecule has 0 saturated heterocycles. The van der Waals surface area contributed by atoms with Gasteiger partial charge in [-0.3, -0.25) is 4.79 Å². The van der Waals surface area contributed by atoms with Crippen molar-refractivity contribution >= 4 is 49.1 Å². The van der Waals surface area contributed by atoms with Crippen molar-refractivity contribution in [3.63, 3.8) is 0 Å². The molecule has 0 fully saturated rings. The van der Waals surface area contributed by atoms with Gasteiger partial charge in [0.2, 0.25) is 0 Å². The van der Waals surface area contributed by atoms with Crippen molar-refractivity contribution in [2.75, 3.05) is 5.73 Å². The number of nitrogens with two attached hydrogens (primary N) is 1. The SMILES string of the molecule is Cn1c2nc(Cc3cn[nH]n3)sc2c2cnn(Cc3csc(N)n3)c(=O)c21. The Morgan fingerprint density at radius 3 is 2.89 bits per heavy atom. The fourth-order valence-electron chi connectivity index (χ4n) is 3.03. The zero-order valence-electron chi connectivity index (χ0n) is 14.1. The van der Waals surface area contributed by atoms with Gasteiger partial charge in [0.15, 0.2) is 10.8 Å². The Hall–Kier alpha value is -3.12. The highest BCUT2D eigenvalue weighted by atomic mass is 32.1. The molecule has 10 nitrogen and oxygen atoms in total. The van der Waals surface area contributed by atoms with E-state index in [1.807, 2.05) is 17.0 Å². The van der Waals surface area contributed by atoms with E-state index in [2.05, 4.69) is 30.5 Å². The number of thiazole rings is 2. The number of anilines is 1. The van der Waals surface area contributed by atoms with E-state index < -0.39 is 0 Å². The number of H-pyrrole nitrogens is 1. The molecule has 0 bridgehead atoms. The molecule has 0 aromatic carbocycles. The van der Waals surface area contributed by atoms with E-state index in [0.29, 0.717) is 17.1 Å². The van der Waals surface area contributed by atoms with Crippen molar-refractivity contribution in [2.45, 2.75) is 13.0 Å². The largest absolute Gasteiger partial charge is 0.375 e. The molecule has 0 atom stereocenters. The third-order valence-corrected chi connectivity index (χ3v) is 6.05. The number of hydrogen-bond donors (Lipinski definition) is 2. The minimum atomic E-state index is -0.176. The first kappa shape index (κ1) is 16.1. The van der Waals surface area contributed by atoms with Gasteiger partial charge in [-0.15, -0.1) is 22.7 Å². The van der Waals surface area contributed by atoms with Crippen LogP contribution in [0.3, 0.4) is 0 Å². The van der Waals surface area contributed by atoms with E-state index in [0.717, 1.165) is 32.1 Å². The van der Waals surface area contributed by atoms with Crippen molar-refractivity contribution in [1.29, 1.82) is 0 Å². The molecule has 0 unspecified atom stereocenters. The van der Waals surface area contributed by atoms with E-state index in [-0.39, 0.29) is 12.1 Å². The molecule has 12 heteroatoms. The quantitative estimate of drug-likeness (QED) is 0.463. The molecule has 0 aliphatic rings. The van der Waals surface area contributed by atoms with Gasteiger partial charge in [-0.1, -0.05) is 0 Å². The summed E-state index contributed by atoms with van der Waals surface area (Å²) in [6.07, 6.45) is 3.98. The van der Waals surface area contributed by atoms with Crippen LogP contribution in [0.2, 0.25) is 0 Å². The number of nitrogens with zero attached hydrogens (tertiary/aromatic N) is 7. The number of rotatable bonds is 4. The van der Waals surface area contributed by atoms with Gasteiger partial charge in [-0.2, -0.15) is 20.5 Å². The molecule has 0 spiro atoms. The molecule has 0 amide bonds. The minimum Gasteiger partial charge on any atom is -0.375 e. The summed E-state index contributed by atoms with van der Waals surface area (Å²) in [4.78, 5) is 21.8. The van der Waals surface area contributed by atoms with Gasteiger partial charge < -0.3 is 10.3 Å². The first-order valence-corrected chi connectivity index (χ1v) is 9.68. The Morgan fingerprint density at radius 1 is 1.26 bits per heavy atom. The molecule has 5 aromatic heterocycles. The van der Waals surface area contributed by atoms with Gasteiger partial charge in [0.25, 0.3) is 5.56 Å². The van der Waals surface area contributed by atoms with Crippen molar-refractivity contribution < 1.29 is 0 Å². The van der Waals surface area contributed by atoms with Crippen molar-refractivity contribution in [3.05, 3.63) is 44.5 Å². The topological polar surface area (TPSA) is 133 Å². The fourth-order valence-corrected chi connectivity index (χ4v) is 4.71. The normalized spacial score (nSPS) is 11.7. The summed E-state index contributed by atoms with van der Waals surface area (Å²) in [6.45, 7) is 0.284. The van der Waals surface area contributed by atoms with E-state index in [4.69, 9.17) is 5.73 Å². The molecule has 0 saturated carbocycles. The molecule has 0 radical (unpaired) electrons. The average molecular weight is 399 g/mol. The molecule has 3 N–H and O–H groups in total. The summed E-state index contributed by atoms with van der Waals surface area (Å²) in [7, 11) is 1.84. The van der Waals surface area contributed by atoms with Gasteiger partial charge in [-0.05, 0) is 0 Å². The summed E-state index contributed by atoms with van der Waals surface area (Å²) in [6, 6.07) is 0. The fraction of sp³-hybridized carbons (Fsp3) is 0.200. The third kappa shape index (κ3) is 2.61. The second kappa shape index (κ2) is 5.96. The monoisotopic (exact) mass is 399 g/mol. The van der Waals surface area contributed by atoms with E-state index in [1.165, 1.54) is 27.4 Å². The van der Waals surface area contributed by atoms with Crippen LogP contribution >= 0.6 is 22.7 Å². The average Bonchev–Trinajstić information content (AvgIpc) is 3.40. The summed E-state index contributed by atoms with van der Waals surface area (Å²) >= 11 is 2.88. The highest BCUT2D eigenvalue weighted by Crippen LogP contribution is 2.31. The van der Waals surface area contributed by atoms with Crippen LogP contribution in [-0.2, 0) is 20.0 Å². The van der Waals surface area contributed by atoms with Crippen LogP contribution in [-0.4, -0.2) is 39.7 Å². The second-order valence-corrected chi connectivity index (χ2v) is 7.98. The number of hydrogen-bond acceptors (Lipinski definition) is 9. The van der Waals surface area contributed by atoms with Crippen LogP contribution in [0.15, 0.2) is 22.6 Å². The Morgan fingerprint density at radius 2 is 2.15 bits per heavy atom. The van der Waals surface area contributed by atoms with Crippen LogP contribution in [0.1, 0.15) is 16.4 Å². The third-order valence-electron chi connectivity index (χ3n) is 4.25. The summed E-state index contributed by atoms with van der Waals surface area (Å²) in [5.41, 5.74) is 8.37. The lowest BCUT2D eigenvalue weighted by Crippen LogP contribution is -2.24. The Labute approximate surface area is 159 Å². The van der Waals surface area contributed by atoms with Crippen LogP contribution in [0.25, 0.3) is 21.3 Å². The maximum absolute atomic E-state index is 12.9. The van der Waals surface area contributed by atoms with Crippen LogP contribution < -0.4 is 11.3 Å². The maximum atomic E-state index is 12.9.